The van der Waals surface area contributed by atoms with Gasteiger partial charge in [-0.3, -0.25) is 4.79 Å². The van der Waals surface area contributed by atoms with Gasteiger partial charge in [-0.15, -0.1) is 0 Å². The molecule has 0 aromatic heterocycles. The summed E-state index contributed by atoms with van der Waals surface area (Å²) in [7, 11) is 1.58. The zero-order chi connectivity index (χ0) is 15.6. The molecule has 0 radical (unpaired) electrons. The summed E-state index contributed by atoms with van der Waals surface area (Å²) in [6.45, 7) is 1.97. The molecule has 2 aromatic rings. The maximum absolute atomic E-state index is 13.6. The summed E-state index contributed by atoms with van der Waals surface area (Å²) < 4.78 is 27.2. The van der Waals surface area contributed by atoms with E-state index in [-0.39, 0.29) is 18.0 Å². The maximum Gasteiger partial charge on any atom is 0.255 e. The normalized spacial score (nSPS) is 10.5. The summed E-state index contributed by atoms with van der Waals surface area (Å²) >= 11 is 3.34. The molecule has 5 heteroatoms. The van der Waals surface area contributed by atoms with Gasteiger partial charge in [-0.05, 0) is 41.1 Å². The number of aryl methyl sites for hydroxylation is 1. The molecule has 0 N–H and O–H groups in total. The van der Waals surface area contributed by atoms with Crippen molar-refractivity contribution in [2.45, 2.75) is 13.5 Å². The number of carbonyl (C=O) groups excluding carboxylic acids is 1. The van der Waals surface area contributed by atoms with E-state index in [0.29, 0.717) is 10.0 Å². The summed E-state index contributed by atoms with van der Waals surface area (Å²) in [4.78, 5) is 13.8. The van der Waals surface area contributed by atoms with E-state index in [0.717, 1.165) is 11.6 Å². The molecule has 0 aliphatic heterocycles. The van der Waals surface area contributed by atoms with E-state index in [1.54, 1.807) is 19.2 Å². The Morgan fingerprint density at radius 2 is 1.90 bits per heavy atom. The molecule has 21 heavy (non-hydrogen) atoms. The minimum Gasteiger partial charge on any atom is -0.337 e. The second-order valence-electron chi connectivity index (χ2n) is 4.88. The summed E-state index contributed by atoms with van der Waals surface area (Å²) in [5.74, 6) is -1.51. The molecule has 2 rings (SSSR count). The van der Waals surface area contributed by atoms with Gasteiger partial charge in [0, 0.05) is 29.7 Å². The van der Waals surface area contributed by atoms with Gasteiger partial charge in [0.25, 0.3) is 5.91 Å². The minimum atomic E-state index is -0.655. The molecule has 0 atom stereocenters. The number of halogens is 3. The van der Waals surface area contributed by atoms with Gasteiger partial charge in [0.2, 0.25) is 0 Å². The first kappa shape index (κ1) is 15.6. The van der Waals surface area contributed by atoms with Crippen LogP contribution in [0.2, 0.25) is 0 Å². The molecule has 1 amide bonds. The predicted octanol–water partition coefficient (Wildman–Crippen LogP) is 4.31. The Kier molecular flexibility index (Phi) is 4.73. The van der Waals surface area contributed by atoms with Gasteiger partial charge in [0.1, 0.15) is 11.6 Å². The van der Waals surface area contributed by atoms with Crippen LogP contribution in [0, 0.1) is 18.6 Å². The lowest BCUT2D eigenvalue weighted by molar-refractivity contribution is 0.0783. The van der Waals surface area contributed by atoms with Crippen molar-refractivity contribution in [2.24, 2.45) is 0 Å². The number of amides is 1. The topological polar surface area (TPSA) is 20.3 Å². The molecule has 0 fully saturated rings. The highest BCUT2D eigenvalue weighted by Gasteiger charge is 2.16. The number of benzene rings is 2. The number of rotatable bonds is 3. The summed E-state index contributed by atoms with van der Waals surface area (Å²) in [6, 6.07) is 8.80. The second kappa shape index (κ2) is 6.35. The smallest absolute Gasteiger partial charge is 0.255 e. The van der Waals surface area contributed by atoms with E-state index in [1.165, 1.54) is 17.0 Å². The van der Waals surface area contributed by atoms with Gasteiger partial charge >= 0.3 is 0 Å². The summed E-state index contributed by atoms with van der Waals surface area (Å²) in [6.07, 6.45) is 0. The van der Waals surface area contributed by atoms with Crippen molar-refractivity contribution >= 4 is 21.8 Å². The van der Waals surface area contributed by atoms with E-state index >= 15 is 0 Å². The highest BCUT2D eigenvalue weighted by molar-refractivity contribution is 9.10. The number of hydrogen-bond donors (Lipinski definition) is 0. The molecule has 0 saturated carbocycles. The van der Waals surface area contributed by atoms with Crippen LogP contribution in [-0.2, 0) is 6.54 Å². The molecule has 0 aliphatic carbocycles. The first-order valence-electron chi connectivity index (χ1n) is 6.34. The molecule has 0 saturated heterocycles. The lowest BCUT2D eigenvalue weighted by Gasteiger charge is -2.19. The van der Waals surface area contributed by atoms with Crippen molar-refractivity contribution in [3.8, 4) is 0 Å². The third-order valence-electron chi connectivity index (χ3n) is 3.12. The molecule has 2 aromatic carbocycles. The largest absolute Gasteiger partial charge is 0.337 e. The first-order valence-corrected chi connectivity index (χ1v) is 7.13. The second-order valence-corrected chi connectivity index (χ2v) is 5.73. The molecule has 0 aliphatic rings. The first-order chi connectivity index (χ1) is 9.88. The van der Waals surface area contributed by atoms with Crippen molar-refractivity contribution in [3.63, 3.8) is 0 Å². The van der Waals surface area contributed by atoms with Gasteiger partial charge in [0.05, 0.1) is 5.56 Å². The van der Waals surface area contributed by atoms with Crippen LogP contribution in [0.15, 0.2) is 40.9 Å². The molecule has 0 spiro atoms. The van der Waals surface area contributed by atoms with Crippen LogP contribution in [0.25, 0.3) is 0 Å². The Hall–Kier alpha value is -1.75. The Morgan fingerprint density at radius 1 is 1.19 bits per heavy atom. The van der Waals surface area contributed by atoms with Gasteiger partial charge < -0.3 is 4.90 Å². The number of carbonyl (C=O) groups is 1. The third-order valence-corrected chi connectivity index (χ3v) is 3.81. The van der Waals surface area contributed by atoms with Gasteiger partial charge in [-0.1, -0.05) is 17.7 Å². The molecule has 0 unspecified atom stereocenters. The van der Waals surface area contributed by atoms with Crippen LogP contribution in [-0.4, -0.2) is 17.9 Å². The SMILES string of the molecule is Cc1ccc(Br)c(C(=O)N(C)Cc2ccc(F)cc2F)c1. The highest BCUT2D eigenvalue weighted by Crippen LogP contribution is 2.21. The van der Waals surface area contributed by atoms with E-state index in [4.69, 9.17) is 0 Å². The Bertz CT molecular complexity index is 688. The van der Waals surface area contributed by atoms with Crippen LogP contribution < -0.4 is 0 Å². The molecule has 0 bridgehead atoms. The van der Waals surface area contributed by atoms with Crippen molar-refractivity contribution in [1.29, 1.82) is 0 Å². The maximum atomic E-state index is 13.6. The third kappa shape index (κ3) is 3.67. The van der Waals surface area contributed by atoms with Gasteiger partial charge in [-0.25, -0.2) is 8.78 Å². The zero-order valence-corrected chi connectivity index (χ0v) is 13.2. The fraction of sp³-hybridized carbons (Fsp3) is 0.188. The quantitative estimate of drug-likeness (QED) is 0.805. The standard InChI is InChI=1S/C16H14BrF2NO/c1-10-3-6-14(17)13(7-10)16(21)20(2)9-11-4-5-12(18)8-15(11)19/h3-8H,9H2,1-2H3. The number of nitrogens with zero attached hydrogens (tertiary/aromatic N) is 1. The lowest BCUT2D eigenvalue weighted by Crippen LogP contribution is -2.27. The Labute approximate surface area is 130 Å². The zero-order valence-electron chi connectivity index (χ0n) is 11.7. The summed E-state index contributed by atoms with van der Waals surface area (Å²) in [5.41, 5.74) is 1.75. The Morgan fingerprint density at radius 3 is 2.57 bits per heavy atom. The minimum absolute atomic E-state index is 0.0747. The average molecular weight is 354 g/mol. The predicted molar refractivity (Wildman–Crippen MR) is 81.0 cm³/mol. The summed E-state index contributed by atoms with van der Waals surface area (Å²) in [5, 5.41) is 0. The number of hydrogen-bond acceptors (Lipinski definition) is 1. The van der Waals surface area contributed by atoms with Crippen LogP contribution in [0.4, 0.5) is 8.78 Å². The Balaban J connectivity index is 2.21. The highest BCUT2D eigenvalue weighted by atomic mass is 79.9. The van der Waals surface area contributed by atoms with Crippen molar-refractivity contribution in [3.05, 3.63) is 69.2 Å². The van der Waals surface area contributed by atoms with E-state index < -0.39 is 11.6 Å². The molecule has 110 valence electrons. The lowest BCUT2D eigenvalue weighted by atomic mass is 10.1. The van der Waals surface area contributed by atoms with Crippen molar-refractivity contribution in [1.82, 2.24) is 4.90 Å². The average Bonchev–Trinajstić information content (AvgIpc) is 2.43. The molecular formula is C16H14BrF2NO. The van der Waals surface area contributed by atoms with E-state index in [1.807, 2.05) is 13.0 Å². The van der Waals surface area contributed by atoms with E-state index in [9.17, 15) is 13.6 Å². The van der Waals surface area contributed by atoms with Crippen molar-refractivity contribution in [2.75, 3.05) is 7.05 Å². The van der Waals surface area contributed by atoms with Crippen LogP contribution in [0.1, 0.15) is 21.5 Å². The van der Waals surface area contributed by atoms with Crippen LogP contribution in [0.3, 0.4) is 0 Å². The monoisotopic (exact) mass is 353 g/mol. The molecule has 2 nitrogen and oxygen atoms in total. The van der Waals surface area contributed by atoms with Crippen molar-refractivity contribution < 1.29 is 13.6 Å². The fourth-order valence-corrected chi connectivity index (χ4v) is 2.40. The molecular weight excluding hydrogens is 340 g/mol. The molecule has 0 heterocycles. The van der Waals surface area contributed by atoms with Gasteiger partial charge in [0.15, 0.2) is 0 Å². The fourth-order valence-electron chi connectivity index (χ4n) is 1.99. The van der Waals surface area contributed by atoms with Crippen LogP contribution >= 0.6 is 15.9 Å². The van der Waals surface area contributed by atoms with Crippen LogP contribution in [0.5, 0.6) is 0 Å². The van der Waals surface area contributed by atoms with E-state index in [2.05, 4.69) is 15.9 Å². The van der Waals surface area contributed by atoms with Gasteiger partial charge in [-0.2, -0.15) is 0 Å².